The van der Waals surface area contributed by atoms with Gasteiger partial charge >= 0.3 is 0 Å². The fraction of sp³-hybridized carbons (Fsp3) is 0.529. The van der Waals surface area contributed by atoms with Crippen LogP contribution in [0.15, 0.2) is 24.3 Å². The average molecular weight is 318 g/mol. The van der Waals surface area contributed by atoms with Gasteiger partial charge in [0.15, 0.2) is 0 Å². The molecule has 6 nitrogen and oxygen atoms in total. The third-order valence-corrected chi connectivity index (χ3v) is 4.16. The van der Waals surface area contributed by atoms with Gasteiger partial charge in [0.2, 0.25) is 11.8 Å². The molecule has 0 aromatic heterocycles. The highest BCUT2D eigenvalue weighted by Gasteiger charge is 2.23. The lowest BCUT2D eigenvalue weighted by Gasteiger charge is -2.31. The van der Waals surface area contributed by atoms with E-state index in [0.29, 0.717) is 19.4 Å². The van der Waals surface area contributed by atoms with Gasteiger partial charge in [-0.25, -0.2) is 0 Å². The number of benzene rings is 1. The minimum absolute atomic E-state index is 0.0106. The minimum atomic E-state index is -0.203. The molecule has 1 aromatic rings. The summed E-state index contributed by atoms with van der Waals surface area (Å²) in [6.07, 6.45) is 3.03. The molecular weight excluding hydrogens is 292 g/mol. The molecule has 0 aliphatic carbocycles. The maximum absolute atomic E-state index is 11.7. The second-order valence-electron chi connectivity index (χ2n) is 6.11. The number of hydrogen-bond acceptors (Lipinski definition) is 4. The predicted octanol–water partition coefficient (Wildman–Crippen LogP) is 1.06. The third-order valence-electron chi connectivity index (χ3n) is 4.16. The number of anilines is 1. The number of hydrogen-bond donors (Lipinski definition) is 3. The van der Waals surface area contributed by atoms with E-state index in [-0.39, 0.29) is 17.7 Å². The number of nitrogens with two attached hydrogens (primary N) is 2. The lowest BCUT2D eigenvalue weighted by atomic mass is 9.97. The maximum atomic E-state index is 11.7. The summed E-state index contributed by atoms with van der Waals surface area (Å²) in [5.41, 5.74) is 12.8. The first-order valence-electron chi connectivity index (χ1n) is 8.19. The molecule has 1 aliphatic heterocycles. The first kappa shape index (κ1) is 17.4. The standard InChI is InChI=1S/C17H26N4O2/c18-9-1-4-16(22)20-15-7-5-13(6-8-15)11-21-10-2-3-14(12-21)17(19)23/h5-8,14H,1-4,9-12,18H2,(H2,19,23)(H,20,22). The maximum Gasteiger partial charge on any atom is 0.224 e. The summed E-state index contributed by atoms with van der Waals surface area (Å²) in [4.78, 5) is 25.2. The molecule has 1 heterocycles. The summed E-state index contributed by atoms with van der Waals surface area (Å²) in [5, 5.41) is 2.86. The van der Waals surface area contributed by atoms with Crippen molar-refractivity contribution in [3.05, 3.63) is 29.8 Å². The van der Waals surface area contributed by atoms with Crippen molar-refractivity contribution < 1.29 is 9.59 Å². The summed E-state index contributed by atoms with van der Waals surface area (Å²) >= 11 is 0. The number of amides is 2. The highest BCUT2D eigenvalue weighted by molar-refractivity contribution is 5.90. The van der Waals surface area contributed by atoms with Crippen LogP contribution in [0.1, 0.15) is 31.2 Å². The molecule has 0 bridgehead atoms. The van der Waals surface area contributed by atoms with Gasteiger partial charge in [0.1, 0.15) is 0 Å². The number of piperidine rings is 1. The van der Waals surface area contributed by atoms with Crippen molar-refractivity contribution in [3.63, 3.8) is 0 Å². The SMILES string of the molecule is NCCCC(=O)Nc1ccc(CN2CCCC(C(N)=O)C2)cc1. The normalized spacial score (nSPS) is 18.6. The Morgan fingerprint density at radius 2 is 2.00 bits per heavy atom. The van der Waals surface area contributed by atoms with E-state index < -0.39 is 0 Å². The number of primary amides is 1. The molecule has 1 fully saturated rings. The van der Waals surface area contributed by atoms with Crippen molar-refractivity contribution >= 4 is 17.5 Å². The van der Waals surface area contributed by atoms with E-state index in [0.717, 1.165) is 43.7 Å². The zero-order chi connectivity index (χ0) is 16.7. The first-order chi connectivity index (χ1) is 11.1. The Hall–Kier alpha value is -1.92. The zero-order valence-electron chi connectivity index (χ0n) is 13.5. The van der Waals surface area contributed by atoms with Gasteiger partial charge < -0.3 is 16.8 Å². The molecular formula is C17H26N4O2. The molecule has 0 saturated carbocycles. The Morgan fingerprint density at radius 3 is 2.65 bits per heavy atom. The van der Waals surface area contributed by atoms with Crippen LogP contribution in [0.2, 0.25) is 0 Å². The van der Waals surface area contributed by atoms with Crippen LogP contribution in [0.25, 0.3) is 0 Å². The minimum Gasteiger partial charge on any atom is -0.369 e. The summed E-state index contributed by atoms with van der Waals surface area (Å²) in [7, 11) is 0. The van der Waals surface area contributed by atoms with Crippen LogP contribution in [0.4, 0.5) is 5.69 Å². The molecule has 126 valence electrons. The summed E-state index contributed by atoms with van der Waals surface area (Å²) in [6.45, 7) is 3.04. The van der Waals surface area contributed by atoms with E-state index in [1.165, 1.54) is 0 Å². The van der Waals surface area contributed by atoms with Crippen LogP contribution in [0, 0.1) is 5.92 Å². The van der Waals surface area contributed by atoms with Gasteiger partial charge in [0.25, 0.3) is 0 Å². The molecule has 1 unspecified atom stereocenters. The largest absolute Gasteiger partial charge is 0.369 e. The van der Waals surface area contributed by atoms with Gasteiger partial charge in [-0.3, -0.25) is 14.5 Å². The molecule has 5 N–H and O–H groups in total. The fourth-order valence-electron chi connectivity index (χ4n) is 2.87. The number of carbonyl (C=O) groups is 2. The fourth-order valence-corrected chi connectivity index (χ4v) is 2.87. The Morgan fingerprint density at radius 1 is 1.26 bits per heavy atom. The second kappa shape index (κ2) is 8.64. The van der Waals surface area contributed by atoms with Gasteiger partial charge in [-0.1, -0.05) is 12.1 Å². The molecule has 1 aliphatic rings. The number of nitrogens with one attached hydrogen (secondary N) is 1. The number of rotatable bonds is 7. The third kappa shape index (κ3) is 5.65. The van der Waals surface area contributed by atoms with Gasteiger partial charge in [0.05, 0.1) is 5.92 Å². The lowest BCUT2D eigenvalue weighted by molar-refractivity contribution is -0.123. The van der Waals surface area contributed by atoms with E-state index in [2.05, 4.69) is 10.2 Å². The van der Waals surface area contributed by atoms with Gasteiger partial charge in [-0.15, -0.1) is 0 Å². The van der Waals surface area contributed by atoms with Crippen LogP contribution in [0.3, 0.4) is 0 Å². The van der Waals surface area contributed by atoms with Crippen molar-refractivity contribution in [3.8, 4) is 0 Å². The number of carbonyl (C=O) groups excluding carboxylic acids is 2. The molecule has 1 aromatic carbocycles. The van der Waals surface area contributed by atoms with Crippen molar-refractivity contribution in [2.75, 3.05) is 25.0 Å². The second-order valence-corrected chi connectivity index (χ2v) is 6.11. The molecule has 0 radical (unpaired) electrons. The van der Waals surface area contributed by atoms with E-state index in [1.807, 2.05) is 24.3 Å². The Kier molecular flexibility index (Phi) is 6.55. The molecule has 23 heavy (non-hydrogen) atoms. The van der Waals surface area contributed by atoms with Gasteiger partial charge in [-0.2, -0.15) is 0 Å². The Balaban J connectivity index is 1.85. The van der Waals surface area contributed by atoms with Crippen LogP contribution in [0.5, 0.6) is 0 Å². The summed E-state index contributed by atoms with van der Waals surface area (Å²) in [6, 6.07) is 7.83. The monoisotopic (exact) mass is 318 g/mol. The summed E-state index contributed by atoms with van der Waals surface area (Å²) < 4.78 is 0. The average Bonchev–Trinajstić information content (AvgIpc) is 2.55. The van der Waals surface area contributed by atoms with Crippen molar-refractivity contribution in [1.29, 1.82) is 0 Å². The summed E-state index contributed by atoms with van der Waals surface area (Å²) in [5.74, 6) is -0.251. The molecule has 2 rings (SSSR count). The first-order valence-corrected chi connectivity index (χ1v) is 8.19. The smallest absolute Gasteiger partial charge is 0.224 e. The Bertz CT molecular complexity index is 530. The van der Waals surface area contributed by atoms with E-state index in [4.69, 9.17) is 11.5 Å². The van der Waals surface area contributed by atoms with Crippen LogP contribution in [-0.4, -0.2) is 36.3 Å². The highest BCUT2D eigenvalue weighted by atomic mass is 16.2. The Labute approximate surface area is 137 Å². The van der Waals surface area contributed by atoms with E-state index in [1.54, 1.807) is 0 Å². The topological polar surface area (TPSA) is 101 Å². The number of nitrogens with zero attached hydrogens (tertiary/aromatic N) is 1. The van der Waals surface area contributed by atoms with Crippen molar-refractivity contribution in [2.24, 2.45) is 17.4 Å². The quantitative estimate of drug-likeness (QED) is 0.699. The lowest BCUT2D eigenvalue weighted by Crippen LogP contribution is -2.40. The highest BCUT2D eigenvalue weighted by Crippen LogP contribution is 2.19. The van der Waals surface area contributed by atoms with Crippen LogP contribution < -0.4 is 16.8 Å². The number of likely N-dealkylation sites (tertiary alicyclic amines) is 1. The molecule has 1 atom stereocenters. The molecule has 1 saturated heterocycles. The van der Waals surface area contributed by atoms with Gasteiger partial charge in [0, 0.05) is 25.2 Å². The molecule has 0 spiro atoms. The zero-order valence-corrected chi connectivity index (χ0v) is 13.5. The van der Waals surface area contributed by atoms with Crippen LogP contribution in [-0.2, 0) is 16.1 Å². The van der Waals surface area contributed by atoms with Crippen molar-refractivity contribution in [2.45, 2.75) is 32.2 Å². The van der Waals surface area contributed by atoms with Gasteiger partial charge in [-0.05, 0) is 50.0 Å². The van der Waals surface area contributed by atoms with Crippen molar-refractivity contribution in [1.82, 2.24) is 4.90 Å². The van der Waals surface area contributed by atoms with Crippen LogP contribution >= 0.6 is 0 Å². The molecule has 6 heteroatoms. The molecule has 2 amide bonds. The van der Waals surface area contributed by atoms with E-state index in [9.17, 15) is 9.59 Å². The van der Waals surface area contributed by atoms with E-state index >= 15 is 0 Å². The predicted molar refractivity (Wildman–Crippen MR) is 90.6 cm³/mol.